The minimum atomic E-state index is -0.0364. The van der Waals surface area contributed by atoms with Crippen LogP contribution in [0.25, 0.3) is 11.3 Å². The molecule has 5 heteroatoms. The van der Waals surface area contributed by atoms with Gasteiger partial charge in [-0.25, -0.2) is 0 Å². The Morgan fingerprint density at radius 3 is 3.00 bits per heavy atom. The number of ether oxygens (including phenoxy) is 1. The lowest BCUT2D eigenvalue weighted by molar-refractivity contribution is 0.105. The van der Waals surface area contributed by atoms with Crippen LogP contribution in [0.15, 0.2) is 30.7 Å². The number of nitrogens with two attached hydrogens (primary N) is 1. The summed E-state index contributed by atoms with van der Waals surface area (Å²) in [6, 6.07) is 4.12. The van der Waals surface area contributed by atoms with Crippen LogP contribution in [0.3, 0.4) is 0 Å². The molecule has 3 rings (SSSR count). The van der Waals surface area contributed by atoms with Crippen LogP contribution in [0.5, 0.6) is 0 Å². The number of hydrogen-bond acceptors (Lipinski definition) is 4. The molecule has 18 heavy (non-hydrogen) atoms. The van der Waals surface area contributed by atoms with Crippen molar-refractivity contribution in [2.24, 2.45) is 12.8 Å². The van der Waals surface area contributed by atoms with Crippen molar-refractivity contribution in [3.05, 3.63) is 36.3 Å². The van der Waals surface area contributed by atoms with Crippen LogP contribution in [-0.4, -0.2) is 27.4 Å². The molecule has 0 spiro atoms. The van der Waals surface area contributed by atoms with Gasteiger partial charge in [-0.3, -0.25) is 9.67 Å². The van der Waals surface area contributed by atoms with Gasteiger partial charge in [0.1, 0.15) is 0 Å². The zero-order chi connectivity index (χ0) is 12.5. The molecule has 2 N–H and O–H groups in total. The fourth-order valence-corrected chi connectivity index (χ4v) is 2.36. The SMILES string of the molecule is Cn1nccc1-c1cncc([C@@H]2OCC[C@H]2N)c1. The maximum absolute atomic E-state index is 6.04. The first kappa shape index (κ1) is 11.4. The number of pyridine rings is 1. The molecule has 1 aliphatic heterocycles. The first-order valence-corrected chi connectivity index (χ1v) is 6.06. The molecule has 0 amide bonds. The van der Waals surface area contributed by atoms with E-state index in [1.54, 1.807) is 6.20 Å². The van der Waals surface area contributed by atoms with E-state index in [-0.39, 0.29) is 12.1 Å². The van der Waals surface area contributed by atoms with Crippen molar-refractivity contribution in [1.29, 1.82) is 0 Å². The smallest absolute Gasteiger partial charge is 0.0991 e. The highest BCUT2D eigenvalue weighted by Crippen LogP contribution is 2.29. The molecule has 0 bridgehead atoms. The van der Waals surface area contributed by atoms with Gasteiger partial charge in [0.25, 0.3) is 0 Å². The van der Waals surface area contributed by atoms with Gasteiger partial charge in [-0.2, -0.15) is 5.10 Å². The summed E-state index contributed by atoms with van der Waals surface area (Å²) in [5.74, 6) is 0. The monoisotopic (exact) mass is 244 g/mol. The number of aryl methyl sites for hydroxylation is 1. The van der Waals surface area contributed by atoms with Crippen LogP contribution in [0.2, 0.25) is 0 Å². The second-order valence-corrected chi connectivity index (χ2v) is 4.59. The summed E-state index contributed by atoms with van der Waals surface area (Å²) in [5.41, 5.74) is 9.15. The van der Waals surface area contributed by atoms with E-state index < -0.39 is 0 Å². The summed E-state index contributed by atoms with van der Waals surface area (Å²) < 4.78 is 7.50. The Morgan fingerprint density at radius 2 is 2.33 bits per heavy atom. The van der Waals surface area contributed by atoms with E-state index in [1.807, 2.05) is 30.2 Å². The molecule has 3 heterocycles. The van der Waals surface area contributed by atoms with Crippen molar-refractivity contribution in [2.45, 2.75) is 18.6 Å². The van der Waals surface area contributed by atoms with Gasteiger partial charge >= 0.3 is 0 Å². The van der Waals surface area contributed by atoms with E-state index in [0.29, 0.717) is 0 Å². The third-order valence-electron chi connectivity index (χ3n) is 3.34. The Hall–Kier alpha value is -1.72. The van der Waals surface area contributed by atoms with Gasteiger partial charge in [-0.05, 0) is 18.6 Å². The van der Waals surface area contributed by atoms with E-state index >= 15 is 0 Å². The van der Waals surface area contributed by atoms with Gasteiger partial charge in [0.15, 0.2) is 0 Å². The molecule has 1 fully saturated rings. The van der Waals surface area contributed by atoms with Crippen molar-refractivity contribution in [3.63, 3.8) is 0 Å². The van der Waals surface area contributed by atoms with Gasteiger partial charge in [-0.15, -0.1) is 0 Å². The largest absolute Gasteiger partial charge is 0.372 e. The summed E-state index contributed by atoms with van der Waals surface area (Å²) in [4.78, 5) is 4.28. The molecular formula is C13H16N4O. The van der Waals surface area contributed by atoms with Crippen molar-refractivity contribution in [2.75, 3.05) is 6.61 Å². The molecule has 1 aliphatic rings. The van der Waals surface area contributed by atoms with E-state index in [1.165, 1.54) is 0 Å². The van der Waals surface area contributed by atoms with Crippen molar-refractivity contribution >= 4 is 0 Å². The lowest BCUT2D eigenvalue weighted by Crippen LogP contribution is -2.23. The first-order valence-electron chi connectivity index (χ1n) is 6.06. The Balaban J connectivity index is 1.97. The summed E-state index contributed by atoms with van der Waals surface area (Å²) in [6.45, 7) is 0.724. The van der Waals surface area contributed by atoms with E-state index in [9.17, 15) is 0 Å². The minimum Gasteiger partial charge on any atom is -0.372 e. The highest BCUT2D eigenvalue weighted by molar-refractivity contribution is 5.58. The Morgan fingerprint density at radius 1 is 1.44 bits per heavy atom. The fourth-order valence-electron chi connectivity index (χ4n) is 2.36. The third kappa shape index (κ3) is 1.91. The quantitative estimate of drug-likeness (QED) is 0.864. The van der Waals surface area contributed by atoms with Gasteiger partial charge in [0, 0.05) is 49.4 Å². The summed E-state index contributed by atoms with van der Waals surface area (Å²) in [7, 11) is 1.92. The summed E-state index contributed by atoms with van der Waals surface area (Å²) in [5, 5.41) is 4.17. The van der Waals surface area contributed by atoms with Crippen LogP contribution in [0.1, 0.15) is 18.1 Å². The lowest BCUT2D eigenvalue weighted by atomic mass is 10.0. The van der Waals surface area contributed by atoms with E-state index in [2.05, 4.69) is 16.1 Å². The van der Waals surface area contributed by atoms with Gasteiger partial charge in [0.05, 0.1) is 11.8 Å². The highest BCUT2D eigenvalue weighted by Gasteiger charge is 2.26. The first-order chi connectivity index (χ1) is 8.75. The summed E-state index contributed by atoms with van der Waals surface area (Å²) >= 11 is 0. The lowest BCUT2D eigenvalue weighted by Gasteiger charge is -2.15. The van der Waals surface area contributed by atoms with Crippen LogP contribution in [0.4, 0.5) is 0 Å². The average molecular weight is 244 g/mol. The molecule has 0 saturated carbocycles. The van der Waals surface area contributed by atoms with E-state index in [4.69, 9.17) is 10.5 Å². The molecule has 2 atom stereocenters. The molecule has 1 saturated heterocycles. The zero-order valence-corrected chi connectivity index (χ0v) is 10.3. The third-order valence-corrected chi connectivity index (χ3v) is 3.34. The molecule has 2 aromatic heterocycles. The zero-order valence-electron chi connectivity index (χ0n) is 10.3. The summed E-state index contributed by atoms with van der Waals surface area (Å²) in [6.07, 6.45) is 6.31. The standard InChI is InChI=1S/C13H16N4O/c1-17-12(2-4-16-17)9-6-10(8-15-7-9)13-11(14)3-5-18-13/h2,4,6-8,11,13H,3,5,14H2,1H3/t11-,13+/m1/s1. The van der Waals surface area contributed by atoms with Crippen LogP contribution < -0.4 is 5.73 Å². The molecule has 0 aliphatic carbocycles. The second-order valence-electron chi connectivity index (χ2n) is 4.59. The fraction of sp³-hybridized carbons (Fsp3) is 0.385. The normalized spacial score (nSPS) is 23.4. The molecule has 0 unspecified atom stereocenters. The number of hydrogen-bond donors (Lipinski definition) is 1. The Kier molecular flexibility index (Phi) is 2.85. The Labute approximate surface area is 106 Å². The number of nitrogens with zero attached hydrogens (tertiary/aromatic N) is 3. The predicted molar refractivity (Wildman–Crippen MR) is 67.7 cm³/mol. The molecular weight excluding hydrogens is 228 g/mol. The molecule has 0 radical (unpaired) electrons. The molecule has 0 aromatic carbocycles. The molecule has 2 aromatic rings. The number of aromatic nitrogens is 3. The van der Waals surface area contributed by atoms with Gasteiger partial charge < -0.3 is 10.5 Å². The Bertz CT molecular complexity index is 551. The van der Waals surface area contributed by atoms with Gasteiger partial charge in [0.2, 0.25) is 0 Å². The van der Waals surface area contributed by atoms with Crippen LogP contribution in [0, 0.1) is 0 Å². The minimum absolute atomic E-state index is 0.0364. The highest BCUT2D eigenvalue weighted by atomic mass is 16.5. The predicted octanol–water partition coefficient (Wildman–Crippen LogP) is 1.27. The maximum atomic E-state index is 6.04. The maximum Gasteiger partial charge on any atom is 0.0991 e. The topological polar surface area (TPSA) is 66.0 Å². The van der Waals surface area contributed by atoms with Crippen molar-refractivity contribution < 1.29 is 4.74 Å². The second kappa shape index (κ2) is 4.51. The average Bonchev–Trinajstić information content (AvgIpc) is 2.98. The van der Waals surface area contributed by atoms with E-state index in [0.717, 1.165) is 29.8 Å². The van der Waals surface area contributed by atoms with Crippen molar-refractivity contribution in [1.82, 2.24) is 14.8 Å². The number of rotatable bonds is 2. The van der Waals surface area contributed by atoms with Crippen LogP contribution in [-0.2, 0) is 11.8 Å². The molecule has 5 nitrogen and oxygen atoms in total. The van der Waals surface area contributed by atoms with Gasteiger partial charge in [-0.1, -0.05) is 0 Å². The van der Waals surface area contributed by atoms with Crippen molar-refractivity contribution in [3.8, 4) is 11.3 Å². The van der Waals surface area contributed by atoms with Crippen LogP contribution >= 0.6 is 0 Å². The molecule has 94 valence electrons.